The van der Waals surface area contributed by atoms with Crippen molar-refractivity contribution in [2.24, 2.45) is 0 Å². The predicted molar refractivity (Wildman–Crippen MR) is 59.5 cm³/mol. The molecule has 0 aliphatic carbocycles. The fourth-order valence-corrected chi connectivity index (χ4v) is 1.60. The van der Waals surface area contributed by atoms with E-state index in [0.29, 0.717) is 0 Å². The number of aromatic carboxylic acids is 1. The van der Waals surface area contributed by atoms with Crippen molar-refractivity contribution < 1.29 is 18.7 Å². The van der Waals surface area contributed by atoms with Gasteiger partial charge in [-0.2, -0.15) is 13.9 Å². The Labute approximate surface area is 101 Å². The van der Waals surface area contributed by atoms with Gasteiger partial charge in [0.05, 0.1) is 0 Å². The standard InChI is InChI=1S/C12H10F2N2O2/c13-12(14,9-4-2-1-3-5-9)8-16-10(11(17)18)6-7-15-16/h1-7H,8H2,(H,17,18). The first-order chi connectivity index (χ1) is 8.50. The van der Waals surface area contributed by atoms with Crippen LogP contribution in [0.5, 0.6) is 0 Å². The van der Waals surface area contributed by atoms with E-state index in [4.69, 9.17) is 5.11 Å². The quantitative estimate of drug-likeness (QED) is 0.908. The molecule has 0 aliphatic rings. The Bertz CT molecular complexity index is 552. The first-order valence-electron chi connectivity index (χ1n) is 5.19. The van der Waals surface area contributed by atoms with Gasteiger partial charge in [0.1, 0.15) is 12.2 Å². The smallest absolute Gasteiger partial charge is 0.354 e. The van der Waals surface area contributed by atoms with Gasteiger partial charge < -0.3 is 5.11 Å². The average molecular weight is 252 g/mol. The Hall–Kier alpha value is -2.24. The van der Waals surface area contributed by atoms with Gasteiger partial charge in [0, 0.05) is 11.8 Å². The Morgan fingerprint density at radius 2 is 1.94 bits per heavy atom. The third-order valence-electron chi connectivity index (χ3n) is 2.48. The molecule has 0 radical (unpaired) electrons. The average Bonchev–Trinajstić information content (AvgIpc) is 2.78. The summed E-state index contributed by atoms with van der Waals surface area (Å²) in [5.74, 6) is -4.45. The lowest BCUT2D eigenvalue weighted by atomic mass is 10.1. The second kappa shape index (κ2) is 4.56. The van der Waals surface area contributed by atoms with Crippen molar-refractivity contribution >= 4 is 5.97 Å². The third kappa shape index (κ3) is 2.37. The second-order valence-corrected chi connectivity index (χ2v) is 3.75. The van der Waals surface area contributed by atoms with Crippen molar-refractivity contribution in [1.82, 2.24) is 9.78 Å². The second-order valence-electron chi connectivity index (χ2n) is 3.75. The molecule has 2 rings (SSSR count). The highest BCUT2D eigenvalue weighted by Crippen LogP contribution is 2.29. The number of carboxylic acids is 1. The van der Waals surface area contributed by atoms with Crippen LogP contribution >= 0.6 is 0 Å². The SMILES string of the molecule is O=C(O)c1ccnn1CC(F)(F)c1ccccc1. The van der Waals surface area contributed by atoms with Gasteiger partial charge in [-0.15, -0.1) is 0 Å². The predicted octanol–water partition coefficient (Wildman–Crippen LogP) is 2.37. The summed E-state index contributed by atoms with van der Waals surface area (Å²) in [4.78, 5) is 10.8. The van der Waals surface area contributed by atoms with Gasteiger partial charge in [0.25, 0.3) is 5.92 Å². The summed E-state index contributed by atoms with van der Waals surface area (Å²) < 4.78 is 28.6. The normalized spacial score (nSPS) is 11.4. The monoisotopic (exact) mass is 252 g/mol. The summed E-state index contributed by atoms with van der Waals surface area (Å²) in [6, 6.07) is 8.42. The Morgan fingerprint density at radius 3 is 2.56 bits per heavy atom. The molecule has 0 atom stereocenters. The van der Waals surface area contributed by atoms with Gasteiger partial charge in [-0.05, 0) is 6.07 Å². The van der Waals surface area contributed by atoms with Crippen LogP contribution in [0.15, 0.2) is 42.6 Å². The van der Waals surface area contributed by atoms with Crippen molar-refractivity contribution in [2.75, 3.05) is 0 Å². The van der Waals surface area contributed by atoms with Gasteiger partial charge in [-0.1, -0.05) is 30.3 Å². The number of carbonyl (C=O) groups is 1. The highest BCUT2D eigenvalue weighted by atomic mass is 19.3. The molecule has 0 aliphatic heterocycles. The molecule has 0 spiro atoms. The first-order valence-corrected chi connectivity index (χ1v) is 5.19. The zero-order valence-corrected chi connectivity index (χ0v) is 9.25. The lowest BCUT2D eigenvalue weighted by Gasteiger charge is -2.17. The van der Waals surface area contributed by atoms with Crippen LogP contribution in [0.4, 0.5) is 8.78 Å². The number of hydrogen-bond donors (Lipinski definition) is 1. The lowest BCUT2D eigenvalue weighted by Crippen LogP contribution is -2.24. The summed E-state index contributed by atoms with van der Waals surface area (Å²) in [6.45, 7) is -0.800. The summed E-state index contributed by atoms with van der Waals surface area (Å²) in [5.41, 5.74) is -0.428. The largest absolute Gasteiger partial charge is 0.477 e. The minimum Gasteiger partial charge on any atom is -0.477 e. The topological polar surface area (TPSA) is 55.1 Å². The van der Waals surface area contributed by atoms with Crippen molar-refractivity contribution in [3.63, 3.8) is 0 Å². The molecule has 1 heterocycles. The molecule has 0 bridgehead atoms. The first kappa shape index (κ1) is 12.2. The maximum absolute atomic E-state index is 13.9. The van der Waals surface area contributed by atoms with Crippen LogP contribution in [0, 0.1) is 0 Å². The summed E-state index contributed by atoms with van der Waals surface area (Å²) in [6.07, 6.45) is 1.19. The molecule has 4 nitrogen and oxygen atoms in total. The molecule has 1 aromatic carbocycles. The minimum atomic E-state index is -3.17. The number of hydrogen-bond acceptors (Lipinski definition) is 2. The maximum atomic E-state index is 13.9. The molecule has 0 saturated heterocycles. The van der Waals surface area contributed by atoms with E-state index in [2.05, 4.69) is 5.10 Å². The third-order valence-corrected chi connectivity index (χ3v) is 2.48. The highest BCUT2D eigenvalue weighted by Gasteiger charge is 2.33. The van der Waals surface area contributed by atoms with Crippen molar-refractivity contribution in [2.45, 2.75) is 12.5 Å². The molecule has 94 valence electrons. The number of carboxylic acid groups (broad SMARTS) is 1. The molecule has 1 aromatic heterocycles. The summed E-state index contributed by atoms with van der Waals surface area (Å²) in [5, 5.41) is 12.4. The molecule has 6 heteroatoms. The summed E-state index contributed by atoms with van der Waals surface area (Å²) >= 11 is 0. The van der Waals surface area contributed by atoms with Crippen molar-refractivity contribution in [3.05, 3.63) is 53.9 Å². The summed E-state index contributed by atoms with van der Waals surface area (Å²) in [7, 11) is 0. The van der Waals surface area contributed by atoms with Crippen LogP contribution < -0.4 is 0 Å². The zero-order valence-electron chi connectivity index (χ0n) is 9.25. The van der Waals surface area contributed by atoms with Crippen LogP contribution in [0.25, 0.3) is 0 Å². The fourth-order valence-electron chi connectivity index (χ4n) is 1.60. The molecule has 1 N–H and O–H groups in total. The van der Waals surface area contributed by atoms with Crippen LogP contribution in [-0.4, -0.2) is 20.9 Å². The number of rotatable bonds is 4. The van der Waals surface area contributed by atoms with Crippen LogP contribution in [0.1, 0.15) is 16.1 Å². The Morgan fingerprint density at radius 1 is 1.28 bits per heavy atom. The number of halogens is 2. The molecule has 18 heavy (non-hydrogen) atoms. The van der Waals surface area contributed by atoms with Crippen molar-refractivity contribution in [3.8, 4) is 0 Å². The number of alkyl halides is 2. The van der Waals surface area contributed by atoms with Crippen molar-refractivity contribution in [1.29, 1.82) is 0 Å². The van der Waals surface area contributed by atoms with Gasteiger partial charge >= 0.3 is 5.97 Å². The Balaban J connectivity index is 2.28. The number of aromatic nitrogens is 2. The van der Waals surface area contributed by atoms with E-state index in [1.165, 1.54) is 36.5 Å². The van der Waals surface area contributed by atoms with Gasteiger partial charge in [0.15, 0.2) is 0 Å². The number of nitrogens with zero attached hydrogens (tertiary/aromatic N) is 2. The molecular weight excluding hydrogens is 242 g/mol. The van der Waals surface area contributed by atoms with Gasteiger partial charge in [0.2, 0.25) is 0 Å². The molecule has 0 unspecified atom stereocenters. The van der Waals surface area contributed by atoms with Crippen LogP contribution in [0.3, 0.4) is 0 Å². The van der Waals surface area contributed by atoms with E-state index in [0.717, 1.165) is 4.68 Å². The van der Waals surface area contributed by atoms with Gasteiger partial charge in [-0.25, -0.2) is 4.79 Å². The van der Waals surface area contributed by atoms with E-state index in [9.17, 15) is 13.6 Å². The molecular formula is C12H10F2N2O2. The lowest BCUT2D eigenvalue weighted by molar-refractivity contribution is -0.0261. The fraction of sp³-hybridized carbons (Fsp3) is 0.167. The zero-order chi connectivity index (χ0) is 13.2. The van der Waals surface area contributed by atoms with E-state index in [1.807, 2.05) is 0 Å². The number of benzene rings is 1. The molecule has 0 amide bonds. The molecule has 0 saturated carbocycles. The van der Waals surface area contributed by atoms with Crippen LogP contribution in [0.2, 0.25) is 0 Å². The molecule has 0 fully saturated rings. The highest BCUT2D eigenvalue weighted by molar-refractivity contribution is 5.85. The van der Waals surface area contributed by atoms with E-state index in [1.54, 1.807) is 6.07 Å². The van der Waals surface area contributed by atoms with E-state index >= 15 is 0 Å². The van der Waals surface area contributed by atoms with Gasteiger partial charge in [-0.3, -0.25) is 4.68 Å². The maximum Gasteiger partial charge on any atom is 0.354 e. The van der Waals surface area contributed by atoms with E-state index in [-0.39, 0.29) is 11.3 Å². The van der Waals surface area contributed by atoms with E-state index < -0.39 is 18.4 Å². The van der Waals surface area contributed by atoms with Crippen LogP contribution in [-0.2, 0) is 12.5 Å². The molecule has 2 aromatic rings. The minimum absolute atomic E-state index is 0.170. The Kier molecular flexibility index (Phi) is 3.10.